The first-order chi connectivity index (χ1) is 8.69. The zero-order chi connectivity index (χ0) is 12.6. The molecule has 1 fully saturated rings. The number of nitrogens with zero attached hydrogens (tertiary/aromatic N) is 2. The van der Waals surface area contributed by atoms with Gasteiger partial charge in [-0.3, -0.25) is 0 Å². The van der Waals surface area contributed by atoms with E-state index in [1.165, 1.54) is 5.69 Å². The Morgan fingerprint density at radius 3 is 2.72 bits per heavy atom. The van der Waals surface area contributed by atoms with E-state index < -0.39 is 0 Å². The molecule has 2 unspecified atom stereocenters. The summed E-state index contributed by atoms with van der Waals surface area (Å²) in [5, 5.41) is 4.77. The Balaban J connectivity index is 2.02. The smallest absolute Gasteiger partial charge is 0.0649 e. The van der Waals surface area contributed by atoms with Crippen LogP contribution in [0.2, 0.25) is 0 Å². The average Bonchev–Trinajstić information content (AvgIpc) is 2.98. The molecule has 94 valence electrons. The van der Waals surface area contributed by atoms with Gasteiger partial charge in [-0.1, -0.05) is 25.1 Å². The highest BCUT2D eigenvalue weighted by Crippen LogP contribution is 2.43. The third-order valence-electron chi connectivity index (χ3n) is 3.94. The van der Waals surface area contributed by atoms with E-state index in [9.17, 15) is 0 Å². The first-order valence-electron chi connectivity index (χ1n) is 6.43. The zero-order valence-electron chi connectivity index (χ0n) is 10.5. The van der Waals surface area contributed by atoms with Crippen LogP contribution < -0.4 is 0 Å². The molecule has 0 aliphatic heterocycles. The van der Waals surface area contributed by atoms with Crippen molar-refractivity contribution < 1.29 is 0 Å². The van der Waals surface area contributed by atoms with Gasteiger partial charge in [0.15, 0.2) is 0 Å². The molecular weight excluding hydrogens is 244 g/mol. The van der Waals surface area contributed by atoms with Crippen molar-refractivity contribution in [2.75, 3.05) is 0 Å². The minimum absolute atomic E-state index is 0.152. The van der Waals surface area contributed by atoms with Gasteiger partial charge in [0.05, 0.1) is 11.4 Å². The average molecular weight is 261 g/mol. The van der Waals surface area contributed by atoms with Crippen LogP contribution in [-0.4, -0.2) is 15.2 Å². The number of halogens is 1. The van der Waals surface area contributed by atoms with E-state index in [4.69, 9.17) is 11.6 Å². The summed E-state index contributed by atoms with van der Waals surface area (Å²) < 4.78 is 2.05. The Labute approximate surface area is 113 Å². The molecule has 0 amide bonds. The van der Waals surface area contributed by atoms with Crippen LogP contribution in [0.1, 0.15) is 31.9 Å². The molecule has 1 heterocycles. The van der Waals surface area contributed by atoms with Crippen molar-refractivity contribution >= 4 is 11.6 Å². The Morgan fingerprint density at radius 1 is 1.28 bits per heavy atom. The Bertz CT molecular complexity index is 534. The standard InChI is InChI=1S/C15H17ClN2/c1-15(9-7-12(16)11-15)14-8-10-17-18(14)13-5-3-2-4-6-13/h2-6,8,10,12H,7,9,11H2,1H3. The van der Waals surface area contributed by atoms with Gasteiger partial charge >= 0.3 is 0 Å². The molecule has 1 aromatic carbocycles. The van der Waals surface area contributed by atoms with Gasteiger partial charge in [0.1, 0.15) is 0 Å². The lowest BCUT2D eigenvalue weighted by atomic mass is 9.85. The van der Waals surface area contributed by atoms with E-state index in [2.05, 4.69) is 34.9 Å². The molecule has 1 saturated carbocycles. The molecule has 1 aliphatic rings. The number of aromatic nitrogens is 2. The fraction of sp³-hybridized carbons (Fsp3) is 0.400. The van der Waals surface area contributed by atoms with Gasteiger partial charge in [0.25, 0.3) is 0 Å². The summed E-state index contributed by atoms with van der Waals surface area (Å²) in [5.74, 6) is 0. The molecule has 0 spiro atoms. The molecule has 0 N–H and O–H groups in total. The summed E-state index contributed by atoms with van der Waals surface area (Å²) in [6.45, 7) is 2.30. The summed E-state index contributed by atoms with van der Waals surface area (Å²) in [5.41, 5.74) is 2.55. The zero-order valence-corrected chi connectivity index (χ0v) is 11.3. The minimum atomic E-state index is 0.152. The van der Waals surface area contributed by atoms with Crippen LogP contribution in [0.5, 0.6) is 0 Å². The summed E-state index contributed by atoms with van der Waals surface area (Å²) in [6.07, 6.45) is 5.15. The maximum absolute atomic E-state index is 6.28. The molecule has 0 radical (unpaired) electrons. The number of rotatable bonds is 2. The molecule has 3 rings (SSSR count). The second-order valence-electron chi connectivity index (χ2n) is 5.36. The molecular formula is C15H17ClN2. The fourth-order valence-electron chi connectivity index (χ4n) is 2.94. The molecule has 0 saturated heterocycles. The molecule has 2 aromatic rings. The highest BCUT2D eigenvalue weighted by Gasteiger charge is 2.38. The SMILES string of the molecule is CC1(c2ccnn2-c2ccccc2)CCC(Cl)C1. The molecule has 1 aromatic heterocycles. The van der Waals surface area contributed by atoms with Crippen molar-refractivity contribution in [1.82, 2.24) is 9.78 Å². The molecule has 2 atom stereocenters. The van der Waals surface area contributed by atoms with Gasteiger partial charge in [-0.15, -0.1) is 11.6 Å². The van der Waals surface area contributed by atoms with Crippen molar-refractivity contribution in [3.05, 3.63) is 48.3 Å². The maximum Gasteiger partial charge on any atom is 0.0649 e. The predicted molar refractivity (Wildman–Crippen MR) is 74.4 cm³/mol. The first-order valence-corrected chi connectivity index (χ1v) is 6.87. The minimum Gasteiger partial charge on any atom is -0.237 e. The monoisotopic (exact) mass is 260 g/mol. The maximum atomic E-state index is 6.28. The van der Waals surface area contributed by atoms with E-state index in [1.807, 2.05) is 24.4 Å². The van der Waals surface area contributed by atoms with Crippen molar-refractivity contribution in [3.8, 4) is 5.69 Å². The Hall–Kier alpha value is -1.28. The van der Waals surface area contributed by atoms with E-state index in [0.29, 0.717) is 5.38 Å². The number of hydrogen-bond donors (Lipinski definition) is 0. The summed E-state index contributed by atoms with van der Waals surface area (Å²) in [4.78, 5) is 0. The quantitative estimate of drug-likeness (QED) is 0.749. The van der Waals surface area contributed by atoms with Crippen LogP contribution in [0, 0.1) is 0 Å². The number of alkyl halides is 1. The summed E-state index contributed by atoms with van der Waals surface area (Å²) in [7, 11) is 0. The fourth-order valence-corrected chi connectivity index (χ4v) is 3.39. The summed E-state index contributed by atoms with van der Waals surface area (Å²) >= 11 is 6.28. The van der Waals surface area contributed by atoms with E-state index in [-0.39, 0.29) is 5.41 Å². The van der Waals surface area contributed by atoms with Gasteiger partial charge in [-0.05, 0) is 37.5 Å². The van der Waals surface area contributed by atoms with E-state index in [1.54, 1.807) is 0 Å². The molecule has 3 heteroatoms. The second kappa shape index (κ2) is 4.43. The van der Waals surface area contributed by atoms with Crippen LogP contribution in [-0.2, 0) is 5.41 Å². The first kappa shape index (κ1) is 11.8. The summed E-state index contributed by atoms with van der Waals surface area (Å²) in [6, 6.07) is 12.4. The van der Waals surface area contributed by atoms with Crippen LogP contribution in [0.15, 0.2) is 42.6 Å². The van der Waals surface area contributed by atoms with Crippen LogP contribution >= 0.6 is 11.6 Å². The molecule has 1 aliphatic carbocycles. The normalized spacial score (nSPS) is 27.6. The van der Waals surface area contributed by atoms with Crippen molar-refractivity contribution in [1.29, 1.82) is 0 Å². The van der Waals surface area contributed by atoms with Gasteiger partial charge in [0, 0.05) is 17.0 Å². The highest BCUT2D eigenvalue weighted by atomic mass is 35.5. The third kappa shape index (κ3) is 1.95. The molecule has 2 nitrogen and oxygen atoms in total. The van der Waals surface area contributed by atoms with E-state index in [0.717, 1.165) is 24.9 Å². The molecule has 18 heavy (non-hydrogen) atoms. The number of hydrogen-bond acceptors (Lipinski definition) is 1. The van der Waals surface area contributed by atoms with Crippen molar-refractivity contribution in [2.45, 2.75) is 37.0 Å². The van der Waals surface area contributed by atoms with Crippen molar-refractivity contribution in [2.24, 2.45) is 0 Å². The van der Waals surface area contributed by atoms with Crippen LogP contribution in [0.3, 0.4) is 0 Å². The van der Waals surface area contributed by atoms with Gasteiger partial charge < -0.3 is 0 Å². The van der Waals surface area contributed by atoms with Crippen molar-refractivity contribution in [3.63, 3.8) is 0 Å². The topological polar surface area (TPSA) is 17.8 Å². The number of benzene rings is 1. The lowest BCUT2D eigenvalue weighted by Gasteiger charge is -2.25. The molecule has 0 bridgehead atoms. The largest absolute Gasteiger partial charge is 0.237 e. The lowest BCUT2D eigenvalue weighted by Crippen LogP contribution is -2.22. The Kier molecular flexibility index (Phi) is 2.90. The predicted octanol–water partition coefficient (Wildman–Crippen LogP) is 3.92. The van der Waals surface area contributed by atoms with Gasteiger partial charge in [-0.25, -0.2) is 4.68 Å². The van der Waals surface area contributed by atoms with Crippen LogP contribution in [0.25, 0.3) is 5.69 Å². The highest BCUT2D eigenvalue weighted by molar-refractivity contribution is 6.20. The van der Waals surface area contributed by atoms with Crippen LogP contribution in [0.4, 0.5) is 0 Å². The third-order valence-corrected chi connectivity index (χ3v) is 4.32. The second-order valence-corrected chi connectivity index (χ2v) is 5.98. The Morgan fingerprint density at radius 2 is 2.06 bits per heavy atom. The number of para-hydroxylation sites is 1. The lowest BCUT2D eigenvalue weighted by molar-refractivity contribution is 0.461. The van der Waals surface area contributed by atoms with Gasteiger partial charge in [-0.2, -0.15) is 5.10 Å². The van der Waals surface area contributed by atoms with Gasteiger partial charge in [0.2, 0.25) is 0 Å². The van der Waals surface area contributed by atoms with E-state index >= 15 is 0 Å².